The van der Waals surface area contributed by atoms with Crippen LogP contribution in [0.15, 0.2) is 0 Å². The van der Waals surface area contributed by atoms with Crippen LogP contribution in [0.4, 0.5) is 0 Å². The summed E-state index contributed by atoms with van der Waals surface area (Å²) in [5.74, 6) is 2.11. The molecule has 0 unspecified atom stereocenters. The second kappa shape index (κ2) is 1.53. The van der Waals surface area contributed by atoms with E-state index in [1.807, 2.05) is 0 Å². The predicted octanol–water partition coefficient (Wildman–Crippen LogP) is 2.83. The fourth-order valence-corrected chi connectivity index (χ4v) is 2.26. The van der Waals surface area contributed by atoms with E-state index in [1.54, 1.807) is 0 Å². The number of rotatable bonds is 2. The minimum Gasteiger partial charge on any atom is -0.0622 e. The first-order chi connectivity index (χ1) is 4.26. The highest BCUT2D eigenvalue weighted by Crippen LogP contribution is 2.65. The van der Waals surface area contributed by atoms with E-state index in [4.69, 9.17) is 0 Å². The molecule has 2 aliphatic rings. The minimum atomic E-state index is 0.861. The van der Waals surface area contributed by atoms with E-state index in [0.29, 0.717) is 0 Å². The Morgan fingerprint density at radius 2 is 1.78 bits per heavy atom. The van der Waals surface area contributed by atoms with E-state index in [9.17, 15) is 0 Å². The molecule has 0 nitrogen and oxygen atoms in total. The lowest BCUT2D eigenvalue weighted by atomic mass is 9.88. The van der Waals surface area contributed by atoms with Crippen molar-refractivity contribution in [3.8, 4) is 0 Å². The first kappa shape index (κ1) is 5.76. The summed E-state index contributed by atoms with van der Waals surface area (Å²) >= 11 is 0. The average molecular weight is 124 g/mol. The fourth-order valence-electron chi connectivity index (χ4n) is 2.26. The molecule has 0 atom stereocenters. The highest BCUT2D eigenvalue weighted by Gasteiger charge is 2.55. The monoisotopic (exact) mass is 124 g/mol. The SMILES string of the molecule is CC(C)C1(C2CC2)CC1. The van der Waals surface area contributed by atoms with Gasteiger partial charge in [-0.15, -0.1) is 0 Å². The van der Waals surface area contributed by atoms with Crippen LogP contribution in [0.1, 0.15) is 39.5 Å². The first-order valence-electron chi connectivity index (χ1n) is 4.26. The smallest absolute Gasteiger partial charge is 0.0246 e. The summed E-state index contributed by atoms with van der Waals surface area (Å²) < 4.78 is 0. The molecule has 0 N–H and O–H groups in total. The second-order valence-corrected chi connectivity index (χ2v) is 4.16. The van der Waals surface area contributed by atoms with E-state index in [2.05, 4.69) is 13.8 Å². The Labute approximate surface area is 57.6 Å². The molecule has 0 spiro atoms. The van der Waals surface area contributed by atoms with Crippen molar-refractivity contribution in [3.05, 3.63) is 0 Å². The fraction of sp³-hybridized carbons (Fsp3) is 1.00. The molecule has 9 heavy (non-hydrogen) atoms. The molecule has 0 aromatic rings. The van der Waals surface area contributed by atoms with Crippen LogP contribution in [-0.2, 0) is 0 Å². The van der Waals surface area contributed by atoms with Crippen LogP contribution in [0.3, 0.4) is 0 Å². The molecule has 2 aliphatic carbocycles. The summed E-state index contributed by atoms with van der Waals surface area (Å²) in [5.41, 5.74) is 0.861. The van der Waals surface area contributed by atoms with Crippen molar-refractivity contribution >= 4 is 0 Å². The highest BCUT2D eigenvalue weighted by molar-refractivity contribution is 5.05. The summed E-state index contributed by atoms with van der Waals surface area (Å²) in [7, 11) is 0. The Morgan fingerprint density at radius 3 is 1.89 bits per heavy atom. The molecule has 52 valence electrons. The van der Waals surface area contributed by atoms with Gasteiger partial charge >= 0.3 is 0 Å². The maximum Gasteiger partial charge on any atom is -0.0246 e. The van der Waals surface area contributed by atoms with Crippen LogP contribution in [-0.4, -0.2) is 0 Å². The van der Waals surface area contributed by atoms with Crippen molar-refractivity contribution < 1.29 is 0 Å². The van der Waals surface area contributed by atoms with Gasteiger partial charge in [0.2, 0.25) is 0 Å². The zero-order chi connectivity index (χ0) is 6.48. The summed E-state index contributed by atoms with van der Waals surface area (Å²) in [5, 5.41) is 0. The van der Waals surface area contributed by atoms with Crippen LogP contribution in [0.5, 0.6) is 0 Å². The third-order valence-corrected chi connectivity index (χ3v) is 3.37. The minimum absolute atomic E-state index is 0.861. The van der Waals surface area contributed by atoms with Gasteiger partial charge in [-0.1, -0.05) is 13.8 Å². The Morgan fingerprint density at radius 1 is 1.22 bits per heavy atom. The quantitative estimate of drug-likeness (QED) is 0.531. The van der Waals surface area contributed by atoms with E-state index >= 15 is 0 Å². The molecule has 0 amide bonds. The summed E-state index contributed by atoms with van der Waals surface area (Å²) in [4.78, 5) is 0. The van der Waals surface area contributed by atoms with Gasteiger partial charge in [-0.05, 0) is 42.9 Å². The Kier molecular flexibility index (Phi) is 0.980. The van der Waals surface area contributed by atoms with Crippen LogP contribution in [0.25, 0.3) is 0 Å². The van der Waals surface area contributed by atoms with Crippen molar-refractivity contribution in [2.24, 2.45) is 17.3 Å². The van der Waals surface area contributed by atoms with Gasteiger partial charge in [-0.3, -0.25) is 0 Å². The normalized spacial score (nSPS) is 31.0. The summed E-state index contributed by atoms with van der Waals surface area (Å²) in [6.45, 7) is 4.79. The molecule has 0 heteroatoms. The molecule has 0 aliphatic heterocycles. The molecule has 2 fully saturated rings. The van der Waals surface area contributed by atoms with Gasteiger partial charge in [0.25, 0.3) is 0 Å². The zero-order valence-corrected chi connectivity index (χ0v) is 6.48. The van der Waals surface area contributed by atoms with E-state index in [0.717, 1.165) is 17.3 Å². The molecule has 0 aromatic carbocycles. The average Bonchev–Trinajstić information content (AvgIpc) is 2.61. The zero-order valence-electron chi connectivity index (χ0n) is 6.48. The third kappa shape index (κ3) is 0.720. The summed E-state index contributed by atoms with van der Waals surface area (Å²) in [6, 6.07) is 0. The molecule has 2 saturated carbocycles. The van der Waals surface area contributed by atoms with Crippen LogP contribution in [0.2, 0.25) is 0 Å². The van der Waals surface area contributed by atoms with Gasteiger partial charge in [-0.2, -0.15) is 0 Å². The molecule has 2 rings (SSSR count). The van der Waals surface area contributed by atoms with E-state index in [-0.39, 0.29) is 0 Å². The topological polar surface area (TPSA) is 0 Å². The molecule has 0 radical (unpaired) electrons. The van der Waals surface area contributed by atoms with Crippen molar-refractivity contribution in [3.63, 3.8) is 0 Å². The molecule has 0 saturated heterocycles. The van der Waals surface area contributed by atoms with Crippen molar-refractivity contribution in [2.75, 3.05) is 0 Å². The maximum absolute atomic E-state index is 2.39. The lowest BCUT2D eigenvalue weighted by Crippen LogP contribution is -2.11. The largest absolute Gasteiger partial charge is 0.0622 e. The lowest BCUT2D eigenvalue weighted by Gasteiger charge is -2.17. The van der Waals surface area contributed by atoms with Crippen LogP contribution < -0.4 is 0 Å². The Bertz CT molecular complexity index is 112. The Balaban J connectivity index is 2.04. The molecule has 0 heterocycles. The molecule has 0 bridgehead atoms. The molecular weight excluding hydrogens is 108 g/mol. The van der Waals surface area contributed by atoms with Gasteiger partial charge in [0.15, 0.2) is 0 Å². The molecular formula is C9H16. The summed E-state index contributed by atoms with van der Waals surface area (Å²) in [6.07, 6.45) is 6.15. The third-order valence-electron chi connectivity index (χ3n) is 3.37. The predicted molar refractivity (Wildman–Crippen MR) is 39.2 cm³/mol. The van der Waals surface area contributed by atoms with Crippen molar-refractivity contribution in [2.45, 2.75) is 39.5 Å². The van der Waals surface area contributed by atoms with Gasteiger partial charge in [0, 0.05) is 0 Å². The van der Waals surface area contributed by atoms with Crippen molar-refractivity contribution in [1.29, 1.82) is 0 Å². The highest BCUT2D eigenvalue weighted by atomic mass is 14.6. The van der Waals surface area contributed by atoms with Gasteiger partial charge < -0.3 is 0 Å². The number of hydrogen-bond acceptors (Lipinski definition) is 0. The van der Waals surface area contributed by atoms with Crippen LogP contribution >= 0.6 is 0 Å². The van der Waals surface area contributed by atoms with E-state index in [1.165, 1.54) is 25.7 Å². The second-order valence-electron chi connectivity index (χ2n) is 4.16. The van der Waals surface area contributed by atoms with Gasteiger partial charge in [-0.25, -0.2) is 0 Å². The van der Waals surface area contributed by atoms with E-state index < -0.39 is 0 Å². The van der Waals surface area contributed by atoms with Crippen molar-refractivity contribution in [1.82, 2.24) is 0 Å². The maximum atomic E-state index is 2.39. The van der Waals surface area contributed by atoms with Gasteiger partial charge in [0.1, 0.15) is 0 Å². The Hall–Kier alpha value is 0. The lowest BCUT2D eigenvalue weighted by molar-refractivity contribution is 0.312. The van der Waals surface area contributed by atoms with Gasteiger partial charge in [0.05, 0.1) is 0 Å². The van der Waals surface area contributed by atoms with Crippen LogP contribution in [0, 0.1) is 17.3 Å². The first-order valence-corrected chi connectivity index (χ1v) is 4.26. The number of hydrogen-bond donors (Lipinski definition) is 0. The standard InChI is InChI=1S/C9H16/c1-7(2)9(5-6-9)8-3-4-8/h7-8H,3-6H2,1-2H3. The molecule has 0 aromatic heterocycles.